The molecule has 3 nitrogen and oxygen atoms in total. The third-order valence-electron chi connectivity index (χ3n) is 5.15. The first kappa shape index (κ1) is 14.9. The number of fused-ring (bicyclic) bond motifs is 1. The molecule has 21 heavy (non-hydrogen) atoms. The maximum Gasteiger partial charge on any atom is 0.254 e. The van der Waals surface area contributed by atoms with Crippen molar-refractivity contribution in [3.05, 3.63) is 27.7 Å². The molecule has 2 aliphatic rings. The molecule has 3 rings (SSSR count). The third kappa shape index (κ3) is 2.83. The Morgan fingerprint density at radius 1 is 1.24 bits per heavy atom. The van der Waals surface area contributed by atoms with Gasteiger partial charge in [-0.2, -0.15) is 0 Å². The van der Waals surface area contributed by atoms with Crippen molar-refractivity contribution < 1.29 is 4.79 Å². The number of benzene rings is 1. The molecule has 2 N–H and O–H groups in total. The maximum absolute atomic E-state index is 13.0. The van der Waals surface area contributed by atoms with Crippen molar-refractivity contribution in [1.29, 1.82) is 0 Å². The van der Waals surface area contributed by atoms with E-state index in [0.717, 1.165) is 28.6 Å². The molecule has 0 radical (unpaired) electrons. The second-order valence-corrected chi connectivity index (χ2v) is 7.34. The van der Waals surface area contributed by atoms with Crippen LogP contribution >= 0.6 is 15.9 Å². The Morgan fingerprint density at radius 2 is 1.95 bits per heavy atom. The summed E-state index contributed by atoms with van der Waals surface area (Å²) in [5, 5.41) is 0. The van der Waals surface area contributed by atoms with Crippen molar-refractivity contribution >= 4 is 27.5 Å². The minimum Gasteiger partial charge on any atom is -0.398 e. The third-order valence-corrected chi connectivity index (χ3v) is 5.60. The Balaban J connectivity index is 1.90. The van der Waals surface area contributed by atoms with Crippen molar-refractivity contribution in [2.24, 2.45) is 5.92 Å². The molecule has 1 aromatic rings. The average molecular weight is 351 g/mol. The van der Waals surface area contributed by atoms with Crippen LogP contribution in [-0.2, 0) is 0 Å². The van der Waals surface area contributed by atoms with Crippen molar-refractivity contribution in [2.75, 3.05) is 12.3 Å². The Bertz CT molecular complexity index is 556. The summed E-state index contributed by atoms with van der Waals surface area (Å²) >= 11 is 3.46. The highest BCUT2D eigenvalue weighted by atomic mass is 79.9. The SMILES string of the molecule is Cc1c(N)cc(Br)cc1C(=O)N1CCCC2CCCCC21. The number of rotatable bonds is 1. The van der Waals surface area contributed by atoms with Crippen LogP contribution in [-0.4, -0.2) is 23.4 Å². The topological polar surface area (TPSA) is 46.3 Å². The molecule has 1 amide bonds. The standard InChI is InChI=1S/C17H23BrN2O/c1-11-14(9-13(18)10-15(11)19)17(21)20-8-4-6-12-5-2-3-7-16(12)20/h9-10,12,16H,2-8,19H2,1H3. The number of nitrogens with two attached hydrogens (primary N) is 1. The second-order valence-electron chi connectivity index (χ2n) is 6.42. The van der Waals surface area contributed by atoms with Crippen LogP contribution in [0.1, 0.15) is 54.4 Å². The van der Waals surface area contributed by atoms with Crippen molar-refractivity contribution in [3.8, 4) is 0 Å². The van der Waals surface area contributed by atoms with E-state index in [1.807, 2.05) is 19.1 Å². The highest BCUT2D eigenvalue weighted by Crippen LogP contribution is 2.36. The highest BCUT2D eigenvalue weighted by Gasteiger charge is 2.36. The summed E-state index contributed by atoms with van der Waals surface area (Å²) in [7, 11) is 0. The number of nitrogens with zero attached hydrogens (tertiary/aromatic N) is 1. The predicted molar refractivity (Wildman–Crippen MR) is 89.3 cm³/mol. The van der Waals surface area contributed by atoms with E-state index in [9.17, 15) is 4.79 Å². The quantitative estimate of drug-likeness (QED) is 0.773. The lowest BCUT2D eigenvalue weighted by atomic mass is 9.78. The molecule has 1 aliphatic heterocycles. The van der Waals surface area contributed by atoms with Gasteiger partial charge in [-0.15, -0.1) is 0 Å². The molecular formula is C17H23BrN2O. The predicted octanol–water partition coefficient (Wildman–Crippen LogP) is 4.13. The van der Waals surface area contributed by atoms with Crippen molar-refractivity contribution in [2.45, 2.75) is 51.5 Å². The number of carbonyl (C=O) groups is 1. The number of carbonyl (C=O) groups excluding carboxylic acids is 1. The summed E-state index contributed by atoms with van der Waals surface area (Å²) in [5.41, 5.74) is 8.37. The number of nitrogen functional groups attached to an aromatic ring is 1. The Morgan fingerprint density at radius 3 is 2.76 bits per heavy atom. The Kier molecular flexibility index (Phi) is 4.25. The lowest BCUT2D eigenvalue weighted by Gasteiger charge is -2.44. The Hall–Kier alpha value is -1.03. The van der Waals surface area contributed by atoms with Gasteiger partial charge in [-0.3, -0.25) is 4.79 Å². The molecule has 1 saturated carbocycles. The molecule has 0 spiro atoms. The molecule has 1 saturated heterocycles. The molecule has 2 atom stereocenters. The van der Waals surface area contributed by atoms with E-state index in [0.29, 0.717) is 17.6 Å². The number of hydrogen-bond donors (Lipinski definition) is 1. The van der Waals surface area contributed by atoms with Crippen molar-refractivity contribution in [3.63, 3.8) is 0 Å². The molecule has 0 aromatic heterocycles. The van der Waals surface area contributed by atoms with Crippen LogP contribution in [0.3, 0.4) is 0 Å². The van der Waals surface area contributed by atoms with Gasteiger partial charge in [-0.05, 0) is 56.2 Å². The van der Waals surface area contributed by atoms with E-state index in [1.54, 1.807) is 0 Å². The first-order valence-electron chi connectivity index (χ1n) is 7.94. The normalized spacial score (nSPS) is 25.5. The number of likely N-dealkylation sites (tertiary alicyclic amines) is 1. The van der Waals surface area contributed by atoms with Gasteiger partial charge in [0.25, 0.3) is 5.91 Å². The molecular weight excluding hydrogens is 328 g/mol. The van der Waals surface area contributed by atoms with Crippen LogP contribution in [0.4, 0.5) is 5.69 Å². The number of halogens is 1. The zero-order chi connectivity index (χ0) is 15.0. The van der Waals surface area contributed by atoms with Gasteiger partial charge in [0.05, 0.1) is 0 Å². The highest BCUT2D eigenvalue weighted by molar-refractivity contribution is 9.10. The van der Waals surface area contributed by atoms with Crippen LogP contribution in [0.5, 0.6) is 0 Å². The van der Waals surface area contributed by atoms with Gasteiger partial charge in [-0.1, -0.05) is 28.8 Å². The van der Waals surface area contributed by atoms with Gasteiger partial charge in [0.1, 0.15) is 0 Å². The molecule has 2 fully saturated rings. The zero-order valence-corrected chi connectivity index (χ0v) is 14.2. The molecule has 1 aliphatic carbocycles. The van der Waals surface area contributed by atoms with Gasteiger partial charge in [0.2, 0.25) is 0 Å². The van der Waals surface area contributed by atoms with Crippen LogP contribution in [0.15, 0.2) is 16.6 Å². The fourth-order valence-electron chi connectivity index (χ4n) is 3.95. The number of amides is 1. The van der Waals surface area contributed by atoms with Crippen LogP contribution in [0, 0.1) is 12.8 Å². The van der Waals surface area contributed by atoms with E-state index in [2.05, 4.69) is 20.8 Å². The smallest absolute Gasteiger partial charge is 0.254 e. The van der Waals surface area contributed by atoms with Crippen molar-refractivity contribution in [1.82, 2.24) is 4.90 Å². The number of piperidine rings is 1. The van der Waals surface area contributed by atoms with E-state index >= 15 is 0 Å². The summed E-state index contributed by atoms with van der Waals surface area (Å²) in [4.78, 5) is 15.2. The monoisotopic (exact) mass is 350 g/mol. The molecule has 1 heterocycles. The lowest BCUT2D eigenvalue weighted by molar-refractivity contribution is 0.0390. The van der Waals surface area contributed by atoms with Crippen LogP contribution in [0.2, 0.25) is 0 Å². The van der Waals surface area contributed by atoms with E-state index < -0.39 is 0 Å². The van der Waals surface area contributed by atoms with E-state index in [4.69, 9.17) is 5.73 Å². The average Bonchev–Trinajstić information content (AvgIpc) is 2.49. The Labute approximate surface area is 135 Å². The lowest BCUT2D eigenvalue weighted by Crippen LogP contribution is -2.49. The molecule has 114 valence electrons. The fourth-order valence-corrected chi connectivity index (χ4v) is 4.43. The number of hydrogen-bond acceptors (Lipinski definition) is 2. The largest absolute Gasteiger partial charge is 0.398 e. The van der Waals surface area contributed by atoms with Gasteiger partial charge < -0.3 is 10.6 Å². The fraction of sp³-hybridized carbons (Fsp3) is 0.588. The number of anilines is 1. The zero-order valence-electron chi connectivity index (χ0n) is 12.6. The second kappa shape index (κ2) is 5.99. The summed E-state index contributed by atoms with van der Waals surface area (Å²) in [6.07, 6.45) is 7.45. The molecule has 1 aromatic carbocycles. The summed E-state index contributed by atoms with van der Waals surface area (Å²) < 4.78 is 0.881. The minimum absolute atomic E-state index is 0.164. The van der Waals surface area contributed by atoms with Gasteiger partial charge in [0.15, 0.2) is 0 Å². The first-order chi connectivity index (χ1) is 10.1. The minimum atomic E-state index is 0.164. The van der Waals surface area contributed by atoms with Crippen LogP contribution in [0.25, 0.3) is 0 Å². The van der Waals surface area contributed by atoms with Crippen LogP contribution < -0.4 is 5.73 Å². The molecule has 4 heteroatoms. The molecule has 2 unspecified atom stereocenters. The molecule has 0 bridgehead atoms. The van der Waals surface area contributed by atoms with Gasteiger partial charge in [-0.25, -0.2) is 0 Å². The summed E-state index contributed by atoms with van der Waals surface area (Å²) in [6, 6.07) is 4.23. The van der Waals surface area contributed by atoms with E-state index in [-0.39, 0.29) is 5.91 Å². The summed E-state index contributed by atoms with van der Waals surface area (Å²) in [5.74, 6) is 0.873. The van der Waals surface area contributed by atoms with Gasteiger partial charge in [0, 0.05) is 28.3 Å². The maximum atomic E-state index is 13.0. The van der Waals surface area contributed by atoms with Gasteiger partial charge >= 0.3 is 0 Å². The first-order valence-corrected chi connectivity index (χ1v) is 8.74. The summed E-state index contributed by atoms with van der Waals surface area (Å²) in [6.45, 7) is 2.84. The van der Waals surface area contributed by atoms with E-state index in [1.165, 1.54) is 32.1 Å².